The van der Waals surface area contributed by atoms with E-state index in [1.54, 1.807) is 6.08 Å². The minimum atomic E-state index is -1.98. The number of amides is 1. The number of ether oxygens (including phenoxy) is 6. The summed E-state index contributed by atoms with van der Waals surface area (Å²) in [6.07, 6.45) is 35.8. The summed E-state index contributed by atoms with van der Waals surface area (Å²) in [5.74, 6) is -0.271. The lowest BCUT2D eigenvalue weighted by atomic mass is 9.96. The third-order valence-corrected chi connectivity index (χ3v) is 18.7. The fourth-order valence-corrected chi connectivity index (χ4v) is 12.7. The second-order valence-corrected chi connectivity index (χ2v) is 26.8. The molecule has 19 nitrogen and oxygen atoms in total. The number of unbranched alkanes of at least 4 members (excludes halogenated alkanes) is 40. The van der Waals surface area contributed by atoms with Gasteiger partial charge < -0.3 is 89.9 Å². The van der Waals surface area contributed by atoms with E-state index in [9.17, 15) is 61.0 Å². The Morgan fingerprint density at radius 1 is 0.385 bits per heavy atom. The van der Waals surface area contributed by atoms with E-state index in [-0.39, 0.29) is 18.9 Å². The van der Waals surface area contributed by atoms with E-state index in [2.05, 4.69) is 31.3 Å². The zero-order valence-corrected chi connectivity index (χ0v) is 56.8. The Hall–Kier alpha value is -1.73. The van der Waals surface area contributed by atoms with Crippen molar-refractivity contribution < 1.29 is 89.4 Å². The Balaban J connectivity index is 1.42. The van der Waals surface area contributed by atoms with Crippen LogP contribution in [-0.4, -0.2) is 193 Å². The van der Waals surface area contributed by atoms with E-state index in [0.29, 0.717) is 6.42 Å². The smallest absolute Gasteiger partial charge is 0.220 e. The average Bonchev–Trinajstić information content (AvgIpc) is 0.883. The molecule has 17 atom stereocenters. The Bertz CT molecular complexity index is 1750. The second-order valence-electron chi connectivity index (χ2n) is 26.8. The third-order valence-electron chi connectivity index (χ3n) is 18.7. The summed E-state index contributed by atoms with van der Waals surface area (Å²) in [4.78, 5) is 13.4. The average molecular weight is 1300 g/mol. The highest BCUT2D eigenvalue weighted by atomic mass is 16.8. The molecule has 17 unspecified atom stereocenters. The van der Waals surface area contributed by atoms with Crippen LogP contribution >= 0.6 is 0 Å². The lowest BCUT2D eigenvalue weighted by Crippen LogP contribution is -2.66. The number of carbonyl (C=O) groups excluding carboxylic acids is 1. The van der Waals surface area contributed by atoms with Gasteiger partial charge in [-0.3, -0.25) is 4.79 Å². The molecule has 3 saturated heterocycles. The molecule has 0 aromatic carbocycles. The van der Waals surface area contributed by atoms with E-state index in [1.807, 2.05) is 6.08 Å². The molecule has 3 fully saturated rings. The molecule has 3 heterocycles. The number of hydrogen-bond donors (Lipinski definition) is 12. The summed E-state index contributed by atoms with van der Waals surface area (Å²) < 4.78 is 34.4. The fourth-order valence-electron chi connectivity index (χ4n) is 12.7. The maximum Gasteiger partial charge on any atom is 0.220 e. The molecule has 0 saturated carbocycles. The van der Waals surface area contributed by atoms with Gasteiger partial charge in [0.25, 0.3) is 0 Å². The molecule has 536 valence electrons. The van der Waals surface area contributed by atoms with Crippen LogP contribution in [0.5, 0.6) is 0 Å². The molecule has 0 aliphatic carbocycles. The predicted octanol–water partition coefficient (Wildman–Crippen LogP) is 10.6. The van der Waals surface area contributed by atoms with Crippen molar-refractivity contribution in [2.24, 2.45) is 0 Å². The summed E-state index contributed by atoms with van der Waals surface area (Å²) >= 11 is 0. The Morgan fingerprint density at radius 3 is 1.07 bits per heavy atom. The van der Waals surface area contributed by atoms with E-state index >= 15 is 0 Å². The van der Waals surface area contributed by atoms with Crippen LogP contribution in [0.15, 0.2) is 24.3 Å². The van der Waals surface area contributed by atoms with Gasteiger partial charge in [-0.25, -0.2) is 0 Å². The molecule has 0 bridgehead atoms. The van der Waals surface area contributed by atoms with Gasteiger partial charge >= 0.3 is 0 Å². The molecule has 0 spiro atoms. The van der Waals surface area contributed by atoms with Crippen LogP contribution in [0.25, 0.3) is 0 Å². The first kappa shape index (κ1) is 83.5. The minimum absolute atomic E-state index is 0.246. The summed E-state index contributed by atoms with van der Waals surface area (Å²) in [5.41, 5.74) is 0. The number of carbonyl (C=O) groups is 1. The number of nitrogens with one attached hydrogen (secondary N) is 1. The zero-order chi connectivity index (χ0) is 66.1. The third kappa shape index (κ3) is 35.9. The van der Waals surface area contributed by atoms with Crippen LogP contribution < -0.4 is 5.32 Å². The van der Waals surface area contributed by atoms with E-state index in [4.69, 9.17) is 28.4 Å². The first-order chi connectivity index (χ1) is 44.3. The van der Waals surface area contributed by atoms with Gasteiger partial charge in [-0.05, 0) is 44.9 Å². The highest BCUT2D eigenvalue weighted by Gasteiger charge is 2.53. The minimum Gasteiger partial charge on any atom is -0.394 e. The van der Waals surface area contributed by atoms with E-state index < -0.39 is 124 Å². The predicted molar refractivity (Wildman–Crippen MR) is 356 cm³/mol. The quantitative estimate of drug-likeness (QED) is 0.0199. The second kappa shape index (κ2) is 54.3. The van der Waals surface area contributed by atoms with Crippen LogP contribution in [-0.2, 0) is 33.2 Å². The fraction of sp³-hybridized carbons (Fsp3) is 0.931. The molecule has 3 rings (SSSR count). The number of aliphatic hydroxyl groups is 11. The summed E-state index contributed by atoms with van der Waals surface area (Å²) in [5, 5.41) is 121. The molecular weight excluding hydrogens is 1170 g/mol. The maximum atomic E-state index is 13.4. The van der Waals surface area contributed by atoms with Gasteiger partial charge in [0.15, 0.2) is 18.9 Å². The molecule has 3 aliphatic rings. The summed E-state index contributed by atoms with van der Waals surface area (Å²) in [7, 11) is 0. The normalized spacial score (nSPS) is 27.9. The topological polar surface area (TPSA) is 307 Å². The summed E-state index contributed by atoms with van der Waals surface area (Å²) in [6.45, 7) is 1.78. The van der Waals surface area contributed by atoms with Gasteiger partial charge in [0.1, 0.15) is 73.2 Å². The summed E-state index contributed by atoms with van der Waals surface area (Å²) in [6, 6.07) is -0.972. The highest BCUT2D eigenvalue weighted by Crippen LogP contribution is 2.33. The Morgan fingerprint density at radius 2 is 0.692 bits per heavy atom. The van der Waals surface area contributed by atoms with Crippen molar-refractivity contribution in [1.82, 2.24) is 5.32 Å². The van der Waals surface area contributed by atoms with Gasteiger partial charge in [0, 0.05) is 6.42 Å². The van der Waals surface area contributed by atoms with Crippen molar-refractivity contribution in [3.8, 4) is 0 Å². The monoisotopic (exact) mass is 1300 g/mol. The molecule has 91 heavy (non-hydrogen) atoms. The molecule has 12 N–H and O–H groups in total. The van der Waals surface area contributed by atoms with Crippen molar-refractivity contribution in [2.45, 2.75) is 401 Å². The number of allylic oxidation sites excluding steroid dienone is 3. The van der Waals surface area contributed by atoms with Gasteiger partial charge in [0.05, 0.1) is 38.6 Å². The van der Waals surface area contributed by atoms with Crippen molar-refractivity contribution in [2.75, 3.05) is 26.4 Å². The molecule has 0 radical (unpaired) electrons. The molecule has 0 aromatic heterocycles. The standard InChI is InChI=1S/C72H135NO18/c1-3-5-7-9-11-13-15-17-19-21-23-25-26-27-28-30-32-34-36-38-40-42-44-46-48-50-60(78)73-55(56(77)49-47-45-43-41-39-37-35-33-31-29-24-22-20-18-16-14-12-10-8-6-4-2)54-86-70-66(84)63(81)68(58(52-75)88-70)91-72-67(85)64(82)69(59(53-76)89-72)90-71-65(83)62(80)61(79)57(51-74)87-71/h21,23,47,49,55-59,61-72,74-77,79-85H,3-20,22,24-46,48,50-54H2,1-2H3,(H,73,78)/b23-21-,49-47+. The first-order valence-corrected chi connectivity index (χ1v) is 37.1. The molecular formula is C72H135NO18. The van der Waals surface area contributed by atoms with Gasteiger partial charge in [0.2, 0.25) is 5.91 Å². The number of rotatable bonds is 58. The molecule has 19 heteroatoms. The van der Waals surface area contributed by atoms with Crippen LogP contribution in [0.3, 0.4) is 0 Å². The first-order valence-electron chi connectivity index (χ1n) is 37.1. The van der Waals surface area contributed by atoms with Crippen LogP contribution in [0, 0.1) is 0 Å². The van der Waals surface area contributed by atoms with Gasteiger partial charge in [-0.1, -0.05) is 269 Å². The Kier molecular flexibility index (Phi) is 49.8. The van der Waals surface area contributed by atoms with E-state index in [0.717, 1.165) is 44.9 Å². The van der Waals surface area contributed by atoms with Crippen LogP contribution in [0.2, 0.25) is 0 Å². The lowest BCUT2D eigenvalue weighted by Gasteiger charge is -2.48. The highest BCUT2D eigenvalue weighted by molar-refractivity contribution is 5.76. The maximum absolute atomic E-state index is 13.4. The van der Waals surface area contributed by atoms with Crippen LogP contribution in [0.4, 0.5) is 0 Å². The van der Waals surface area contributed by atoms with E-state index in [1.165, 1.54) is 225 Å². The molecule has 1 amide bonds. The molecule has 3 aliphatic heterocycles. The molecule has 0 aromatic rings. The Labute approximate surface area is 549 Å². The number of hydrogen-bond acceptors (Lipinski definition) is 18. The number of aliphatic hydroxyl groups excluding tert-OH is 11. The largest absolute Gasteiger partial charge is 0.394 e. The van der Waals surface area contributed by atoms with Crippen LogP contribution in [0.1, 0.15) is 296 Å². The van der Waals surface area contributed by atoms with Gasteiger partial charge in [-0.15, -0.1) is 0 Å². The van der Waals surface area contributed by atoms with Crippen molar-refractivity contribution >= 4 is 5.91 Å². The van der Waals surface area contributed by atoms with Crippen molar-refractivity contribution in [1.29, 1.82) is 0 Å². The van der Waals surface area contributed by atoms with Crippen molar-refractivity contribution in [3.05, 3.63) is 24.3 Å². The van der Waals surface area contributed by atoms with Crippen molar-refractivity contribution in [3.63, 3.8) is 0 Å². The van der Waals surface area contributed by atoms with Gasteiger partial charge in [-0.2, -0.15) is 0 Å². The zero-order valence-electron chi connectivity index (χ0n) is 56.8. The SMILES string of the molecule is CCCCCCCCCC/C=C\CCCCCCCCCCCCCCCC(=O)NC(COC1OC(CO)C(OC2OC(CO)C(OC3OC(CO)C(O)C(O)C3O)C(O)C2O)C(O)C1O)C(O)/C=C/CCCCCCCCCCCCCCCCCCCCC. The lowest BCUT2D eigenvalue weighted by molar-refractivity contribution is -0.379.